The summed E-state index contributed by atoms with van der Waals surface area (Å²) >= 11 is 1.11. The van der Waals surface area contributed by atoms with Gasteiger partial charge in [0, 0.05) is 14.2 Å². The van der Waals surface area contributed by atoms with Gasteiger partial charge in [0.1, 0.15) is 18.7 Å². The molecular weight excluding hydrogens is 373 g/mol. The van der Waals surface area contributed by atoms with Gasteiger partial charge in [0.2, 0.25) is 5.91 Å². The van der Waals surface area contributed by atoms with Gasteiger partial charge in [0.15, 0.2) is 5.16 Å². The monoisotopic (exact) mass is 390 g/mol. The van der Waals surface area contributed by atoms with E-state index in [1.54, 1.807) is 11.6 Å². The molecule has 2 aromatic rings. The second-order valence-corrected chi connectivity index (χ2v) is 6.05. The Hall–Kier alpha value is -2.27. The number of methoxy groups -OCH3 is 1. The van der Waals surface area contributed by atoms with Gasteiger partial charge in [-0.3, -0.25) is 4.79 Å². The van der Waals surface area contributed by atoms with E-state index >= 15 is 0 Å². The van der Waals surface area contributed by atoms with Crippen LogP contribution in [0, 0.1) is 0 Å². The highest BCUT2D eigenvalue weighted by molar-refractivity contribution is 7.99. The highest BCUT2D eigenvalue weighted by Crippen LogP contribution is 2.35. The van der Waals surface area contributed by atoms with Crippen LogP contribution in [0.15, 0.2) is 29.7 Å². The molecular formula is C15H17F3N4O3S. The Labute approximate surface area is 151 Å². The van der Waals surface area contributed by atoms with Gasteiger partial charge < -0.3 is 19.4 Å². The fraction of sp³-hybridized carbons (Fsp3) is 0.400. The summed E-state index contributed by atoms with van der Waals surface area (Å²) in [6, 6.07) is 2.91. The van der Waals surface area contributed by atoms with E-state index in [2.05, 4.69) is 15.5 Å². The summed E-state index contributed by atoms with van der Waals surface area (Å²) in [6.45, 7) is 0.398. The molecule has 0 radical (unpaired) electrons. The van der Waals surface area contributed by atoms with Gasteiger partial charge in [-0.1, -0.05) is 11.8 Å². The lowest BCUT2D eigenvalue weighted by atomic mass is 10.1. The predicted octanol–water partition coefficient (Wildman–Crippen LogP) is 2.59. The number of rotatable bonds is 8. The summed E-state index contributed by atoms with van der Waals surface area (Å²) in [5.41, 5.74) is -0.938. The Balaban J connectivity index is 2.10. The third kappa shape index (κ3) is 5.63. The van der Waals surface area contributed by atoms with Gasteiger partial charge in [-0.25, -0.2) is 0 Å². The van der Waals surface area contributed by atoms with Crippen LogP contribution in [0.3, 0.4) is 0 Å². The van der Waals surface area contributed by atoms with Crippen molar-refractivity contribution in [2.45, 2.75) is 11.3 Å². The van der Waals surface area contributed by atoms with Gasteiger partial charge in [-0.05, 0) is 18.2 Å². The summed E-state index contributed by atoms with van der Waals surface area (Å²) in [5.74, 6) is -0.402. The van der Waals surface area contributed by atoms with Crippen LogP contribution in [-0.2, 0) is 22.8 Å². The second-order valence-electron chi connectivity index (χ2n) is 5.11. The van der Waals surface area contributed by atoms with E-state index in [0.29, 0.717) is 5.16 Å². The molecule has 2 rings (SSSR count). The zero-order chi connectivity index (χ0) is 19.2. The largest absolute Gasteiger partial charge is 0.489 e. The zero-order valence-corrected chi connectivity index (χ0v) is 14.9. The number of aromatic nitrogens is 3. The first-order valence-corrected chi connectivity index (χ1v) is 8.39. The van der Waals surface area contributed by atoms with Crippen LogP contribution in [0.4, 0.5) is 18.9 Å². The number of nitrogens with one attached hydrogen (secondary N) is 1. The van der Waals surface area contributed by atoms with E-state index in [4.69, 9.17) is 9.47 Å². The molecule has 0 fully saturated rings. The number of thioether (sulfide) groups is 1. The molecule has 0 aliphatic carbocycles. The van der Waals surface area contributed by atoms with Crippen molar-refractivity contribution in [1.82, 2.24) is 14.8 Å². The molecule has 1 aromatic carbocycles. The number of amides is 1. The molecule has 0 aliphatic rings. The fourth-order valence-corrected chi connectivity index (χ4v) is 2.57. The van der Waals surface area contributed by atoms with Crippen molar-refractivity contribution in [2.75, 3.05) is 31.4 Å². The number of hydrogen-bond donors (Lipinski definition) is 1. The third-order valence-electron chi connectivity index (χ3n) is 3.13. The van der Waals surface area contributed by atoms with Gasteiger partial charge in [0.25, 0.3) is 0 Å². The second kappa shape index (κ2) is 8.90. The lowest BCUT2D eigenvalue weighted by Gasteiger charge is -2.15. The molecule has 0 saturated heterocycles. The Morgan fingerprint density at radius 1 is 1.35 bits per heavy atom. The maximum absolute atomic E-state index is 12.9. The topological polar surface area (TPSA) is 78.3 Å². The summed E-state index contributed by atoms with van der Waals surface area (Å²) in [6.07, 6.45) is -3.05. The Bertz CT molecular complexity index is 752. The minimum absolute atomic E-state index is 0.0414. The average Bonchev–Trinajstić information content (AvgIpc) is 2.98. The minimum atomic E-state index is -4.53. The van der Waals surface area contributed by atoms with Gasteiger partial charge in [-0.15, -0.1) is 10.2 Å². The number of halogens is 3. The number of aryl methyl sites for hydroxylation is 1. The third-order valence-corrected chi connectivity index (χ3v) is 4.16. The number of nitrogens with zero attached hydrogens (tertiary/aromatic N) is 3. The van der Waals surface area contributed by atoms with Crippen molar-refractivity contribution < 1.29 is 27.4 Å². The van der Waals surface area contributed by atoms with Crippen LogP contribution >= 0.6 is 11.8 Å². The Morgan fingerprint density at radius 3 is 2.73 bits per heavy atom. The van der Waals surface area contributed by atoms with E-state index in [1.165, 1.54) is 19.5 Å². The van der Waals surface area contributed by atoms with Crippen molar-refractivity contribution in [3.63, 3.8) is 0 Å². The highest BCUT2D eigenvalue weighted by atomic mass is 32.2. The lowest BCUT2D eigenvalue weighted by Crippen LogP contribution is -2.17. The van der Waals surface area contributed by atoms with Crippen molar-refractivity contribution in [1.29, 1.82) is 0 Å². The highest BCUT2D eigenvalue weighted by Gasteiger charge is 2.31. The first-order valence-electron chi connectivity index (χ1n) is 7.41. The molecule has 1 heterocycles. The number of hydrogen-bond acceptors (Lipinski definition) is 6. The van der Waals surface area contributed by atoms with Crippen molar-refractivity contribution in [3.8, 4) is 5.75 Å². The molecule has 0 saturated carbocycles. The average molecular weight is 390 g/mol. The standard InChI is InChI=1S/C15H17F3N4O3S/c1-22-9-19-21-14(22)26-8-13(23)20-11-7-10(15(16,17)18)3-4-12(11)25-6-5-24-2/h3-4,7,9H,5-6,8H2,1-2H3,(H,20,23). The molecule has 0 bridgehead atoms. The normalized spacial score (nSPS) is 11.4. The molecule has 0 unspecified atom stereocenters. The van der Waals surface area contributed by atoms with Gasteiger partial charge in [0.05, 0.1) is 23.6 Å². The predicted molar refractivity (Wildman–Crippen MR) is 89.2 cm³/mol. The minimum Gasteiger partial charge on any atom is -0.489 e. The number of alkyl halides is 3. The SMILES string of the molecule is COCCOc1ccc(C(F)(F)F)cc1NC(=O)CSc1nncn1C. The van der Waals surface area contributed by atoms with E-state index in [-0.39, 0.29) is 30.4 Å². The quantitative estimate of drug-likeness (QED) is 0.551. The Morgan fingerprint density at radius 2 is 2.12 bits per heavy atom. The molecule has 0 aliphatic heterocycles. The maximum atomic E-state index is 12.9. The molecule has 0 atom stereocenters. The van der Waals surface area contributed by atoms with Crippen LogP contribution in [0.2, 0.25) is 0 Å². The van der Waals surface area contributed by atoms with Crippen molar-refractivity contribution in [2.24, 2.45) is 7.05 Å². The van der Waals surface area contributed by atoms with E-state index in [9.17, 15) is 18.0 Å². The number of anilines is 1. The summed E-state index contributed by atoms with van der Waals surface area (Å²) in [7, 11) is 3.19. The maximum Gasteiger partial charge on any atom is 0.416 e. The number of carbonyl (C=O) groups excluding carboxylic acids is 1. The smallest absolute Gasteiger partial charge is 0.416 e. The summed E-state index contributed by atoms with van der Waals surface area (Å²) in [4.78, 5) is 12.1. The number of carbonyl (C=O) groups is 1. The molecule has 1 N–H and O–H groups in total. The van der Waals surface area contributed by atoms with E-state index < -0.39 is 17.6 Å². The van der Waals surface area contributed by atoms with E-state index in [1.807, 2.05) is 0 Å². The fourth-order valence-electron chi connectivity index (χ4n) is 1.88. The van der Waals surface area contributed by atoms with Gasteiger partial charge >= 0.3 is 6.18 Å². The van der Waals surface area contributed by atoms with Crippen LogP contribution in [-0.4, -0.2) is 46.7 Å². The van der Waals surface area contributed by atoms with Crippen molar-refractivity contribution >= 4 is 23.4 Å². The van der Waals surface area contributed by atoms with Crippen LogP contribution < -0.4 is 10.1 Å². The van der Waals surface area contributed by atoms with Crippen LogP contribution in [0.5, 0.6) is 5.75 Å². The first kappa shape index (κ1) is 20.0. The molecule has 142 valence electrons. The summed E-state index contributed by atoms with van der Waals surface area (Å²) < 4.78 is 50.6. The molecule has 0 spiro atoms. The number of benzene rings is 1. The number of ether oxygens (including phenoxy) is 2. The zero-order valence-electron chi connectivity index (χ0n) is 14.0. The molecule has 26 heavy (non-hydrogen) atoms. The molecule has 11 heteroatoms. The van der Waals surface area contributed by atoms with Gasteiger partial charge in [-0.2, -0.15) is 13.2 Å². The van der Waals surface area contributed by atoms with Crippen LogP contribution in [0.1, 0.15) is 5.56 Å². The molecule has 1 amide bonds. The Kier molecular flexibility index (Phi) is 6.86. The van der Waals surface area contributed by atoms with Crippen molar-refractivity contribution in [3.05, 3.63) is 30.1 Å². The summed E-state index contributed by atoms with van der Waals surface area (Å²) in [5, 5.41) is 10.5. The molecule has 7 nitrogen and oxygen atoms in total. The lowest BCUT2D eigenvalue weighted by molar-refractivity contribution is -0.137. The molecule has 1 aromatic heterocycles. The van der Waals surface area contributed by atoms with E-state index in [0.717, 1.165) is 23.9 Å². The van der Waals surface area contributed by atoms with Crippen LogP contribution in [0.25, 0.3) is 0 Å². The first-order chi connectivity index (χ1) is 12.3.